The molecule has 0 rings (SSSR count). The van der Waals surface area contributed by atoms with Crippen LogP contribution in [0.25, 0.3) is 0 Å². The van der Waals surface area contributed by atoms with Gasteiger partial charge in [-0.1, -0.05) is 83.8 Å². The minimum atomic E-state index is 1.27. The Bertz CT molecular complexity index is 157. The highest BCUT2D eigenvalue weighted by Crippen LogP contribution is 2.16. The standard InChI is InChI=1S/C17H34/c1-4-6-8-9-10-11-12-14-16-17(3)15-13-7-5-2/h3-16H2,1-2H3. The number of hydrogen-bond donors (Lipinski definition) is 0. The van der Waals surface area contributed by atoms with Gasteiger partial charge in [-0.15, -0.1) is 0 Å². The summed E-state index contributed by atoms with van der Waals surface area (Å²) in [6.45, 7) is 8.73. The van der Waals surface area contributed by atoms with Crippen molar-refractivity contribution in [2.24, 2.45) is 0 Å². The third kappa shape index (κ3) is 13.7. The normalized spacial score (nSPS) is 10.7. The molecule has 0 aromatic rings. The molecule has 0 aromatic carbocycles. The Morgan fingerprint density at radius 2 is 0.941 bits per heavy atom. The van der Waals surface area contributed by atoms with Gasteiger partial charge in [-0.25, -0.2) is 0 Å². The fourth-order valence-corrected chi connectivity index (χ4v) is 2.26. The van der Waals surface area contributed by atoms with Gasteiger partial charge in [-0.2, -0.15) is 0 Å². The van der Waals surface area contributed by atoms with Gasteiger partial charge in [0, 0.05) is 0 Å². The molecule has 0 heterocycles. The fraction of sp³-hybridized carbons (Fsp3) is 0.882. The van der Waals surface area contributed by atoms with Crippen LogP contribution in [0.15, 0.2) is 12.2 Å². The second-order valence-corrected chi connectivity index (χ2v) is 5.43. The van der Waals surface area contributed by atoms with Crippen LogP contribution in [0, 0.1) is 0 Å². The molecule has 0 fully saturated rings. The van der Waals surface area contributed by atoms with Crippen LogP contribution in [0.1, 0.15) is 97.3 Å². The lowest BCUT2D eigenvalue weighted by Crippen LogP contribution is -1.85. The Morgan fingerprint density at radius 1 is 0.588 bits per heavy atom. The van der Waals surface area contributed by atoms with E-state index in [0.717, 1.165) is 0 Å². The summed E-state index contributed by atoms with van der Waals surface area (Å²) >= 11 is 0. The molecular weight excluding hydrogens is 204 g/mol. The molecule has 17 heavy (non-hydrogen) atoms. The molecule has 0 aliphatic heterocycles. The van der Waals surface area contributed by atoms with Crippen LogP contribution in [0.2, 0.25) is 0 Å². The van der Waals surface area contributed by atoms with Gasteiger partial charge in [0.05, 0.1) is 0 Å². The molecule has 0 amide bonds. The zero-order valence-corrected chi connectivity index (χ0v) is 12.4. The highest BCUT2D eigenvalue weighted by atomic mass is 14.0. The quantitative estimate of drug-likeness (QED) is 0.249. The van der Waals surface area contributed by atoms with Crippen LogP contribution in [0.4, 0.5) is 0 Å². The maximum atomic E-state index is 4.18. The first kappa shape index (κ1) is 16.7. The highest BCUT2D eigenvalue weighted by molar-refractivity contribution is 4.93. The predicted octanol–water partition coefficient (Wildman–Crippen LogP) is 6.65. The topological polar surface area (TPSA) is 0 Å². The van der Waals surface area contributed by atoms with Gasteiger partial charge in [0.15, 0.2) is 0 Å². The third-order valence-corrected chi connectivity index (χ3v) is 3.52. The summed E-state index contributed by atoms with van der Waals surface area (Å²) in [6, 6.07) is 0. The van der Waals surface area contributed by atoms with E-state index in [4.69, 9.17) is 0 Å². The first-order chi connectivity index (χ1) is 8.31. The fourth-order valence-electron chi connectivity index (χ4n) is 2.26. The smallest absolute Gasteiger partial charge is 0.0323 e. The maximum Gasteiger partial charge on any atom is -0.0323 e. The van der Waals surface area contributed by atoms with Gasteiger partial charge in [0.2, 0.25) is 0 Å². The van der Waals surface area contributed by atoms with Crippen LogP contribution >= 0.6 is 0 Å². The Kier molecular flexibility index (Phi) is 13.6. The molecule has 0 saturated heterocycles. The zero-order valence-electron chi connectivity index (χ0n) is 12.4. The molecule has 0 atom stereocenters. The lowest BCUT2D eigenvalue weighted by molar-refractivity contribution is 0.571. The molecule has 0 unspecified atom stereocenters. The van der Waals surface area contributed by atoms with Gasteiger partial charge in [-0.05, 0) is 25.7 Å². The average molecular weight is 238 g/mol. The zero-order chi connectivity index (χ0) is 12.8. The molecule has 0 saturated carbocycles. The molecule has 102 valence electrons. The Labute approximate surface area is 110 Å². The molecule has 0 aromatic heterocycles. The molecular formula is C17H34. The third-order valence-electron chi connectivity index (χ3n) is 3.52. The molecule has 0 N–H and O–H groups in total. The van der Waals surface area contributed by atoms with Gasteiger partial charge in [0.1, 0.15) is 0 Å². The number of hydrogen-bond acceptors (Lipinski definition) is 0. The van der Waals surface area contributed by atoms with Crippen LogP contribution in [0.3, 0.4) is 0 Å². The largest absolute Gasteiger partial charge is 0.0999 e. The van der Waals surface area contributed by atoms with Crippen molar-refractivity contribution < 1.29 is 0 Å². The van der Waals surface area contributed by atoms with Crippen molar-refractivity contribution in [3.63, 3.8) is 0 Å². The molecule has 0 bridgehead atoms. The van der Waals surface area contributed by atoms with Crippen LogP contribution in [0.5, 0.6) is 0 Å². The minimum absolute atomic E-state index is 1.27. The molecule has 0 nitrogen and oxygen atoms in total. The number of unbranched alkanes of at least 4 members (excludes halogenated alkanes) is 9. The van der Waals surface area contributed by atoms with Crippen LogP contribution in [-0.2, 0) is 0 Å². The summed E-state index contributed by atoms with van der Waals surface area (Å²) < 4.78 is 0. The van der Waals surface area contributed by atoms with Crippen molar-refractivity contribution in [2.45, 2.75) is 97.3 Å². The number of rotatable bonds is 13. The Balaban J connectivity index is 3.08. The van der Waals surface area contributed by atoms with E-state index in [1.54, 1.807) is 0 Å². The molecule has 0 radical (unpaired) electrons. The van der Waals surface area contributed by atoms with E-state index in [2.05, 4.69) is 20.4 Å². The van der Waals surface area contributed by atoms with E-state index in [0.29, 0.717) is 0 Å². The Hall–Kier alpha value is -0.260. The monoisotopic (exact) mass is 238 g/mol. The molecule has 0 aliphatic rings. The average Bonchev–Trinajstić information content (AvgIpc) is 2.33. The van der Waals surface area contributed by atoms with Crippen molar-refractivity contribution in [2.75, 3.05) is 0 Å². The van der Waals surface area contributed by atoms with E-state index < -0.39 is 0 Å². The second kappa shape index (κ2) is 13.8. The van der Waals surface area contributed by atoms with Gasteiger partial charge in [0.25, 0.3) is 0 Å². The van der Waals surface area contributed by atoms with E-state index in [9.17, 15) is 0 Å². The van der Waals surface area contributed by atoms with Crippen molar-refractivity contribution in [3.05, 3.63) is 12.2 Å². The SMILES string of the molecule is C=C(CCCCC)CCCCCCCCCC. The van der Waals surface area contributed by atoms with Crippen LogP contribution in [-0.4, -0.2) is 0 Å². The summed E-state index contributed by atoms with van der Waals surface area (Å²) in [7, 11) is 0. The summed E-state index contributed by atoms with van der Waals surface area (Å²) in [5.74, 6) is 0. The number of allylic oxidation sites excluding steroid dienone is 1. The lowest BCUT2D eigenvalue weighted by atomic mass is 10.0. The summed E-state index contributed by atoms with van der Waals surface area (Å²) in [6.07, 6.45) is 17.9. The molecule has 0 spiro atoms. The summed E-state index contributed by atoms with van der Waals surface area (Å²) in [4.78, 5) is 0. The minimum Gasteiger partial charge on any atom is -0.0999 e. The van der Waals surface area contributed by atoms with Crippen molar-refractivity contribution in [1.29, 1.82) is 0 Å². The first-order valence-electron chi connectivity index (χ1n) is 7.97. The van der Waals surface area contributed by atoms with E-state index in [1.165, 1.54) is 89.0 Å². The van der Waals surface area contributed by atoms with Crippen molar-refractivity contribution in [1.82, 2.24) is 0 Å². The Morgan fingerprint density at radius 3 is 1.47 bits per heavy atom. The van der Waals surface area contributed by atoms with E-state index >= 15 is 0 Å². The first-order valence-corrected chi connectivity index (χ1v) is 7.97. The van der Waals surface area contributed by atoms with E-state index in [-0.39, 0.29) is 0 Å². The van der Waals surface area contributed by atoms with Gasteiger partial charge < -0.3 is 0 Å². The van der Waals surface area contributed by atoms with Crippen molar-refractivity contribution in [3.8, 4) is 0 Å². The summed E-state index contributed by atoms with van der Waals surface area (Å²) in [5, 5.41) is 0. The second-order valence-electron chi connectivity index (χ2n) is 5.43. The summed E-state index contributed by atoms with van der Waals surface area (Å²) in [5.41, 5.74) is 1.49. The van der Waals surface area contributed by atoms with Gasteiger partial charge in [-0.3, -0.25) is 0 Å². The van der Waals surface area contributed by atoms with Crippen molar-refractivity contribution >= 4 is 0 Å². The van der Waals surface area contributed by atoms with Crippen LogP contribution < -0.4 is 0 Å². The molecule has 0 heteroatoms. The molecule has 0 aliphatic carbocycles. The van der Waals surface area contributed by atoms with E-state index in [1.807, 2.05) is 0 Å². The highest BCUT2D eigenvalue weighted by Gasteiger charge is 1.96. The van der Waals surface area contributed by atoms with Gasteiger partial charge >= 0.3 is 0 Å². The maximum absolute atomic E-state index is 4.18. The predicted molar refractivity (Wildman–Crippen MR) is 80.5 cm³/mol. The lowest BCUT2D eigenvalue weighted by Gasteiger charge is -2.05.